The number of aromatic amines is 1. The number of nitrogens with one attached hydrogen (secondary N) is 3. The number of fused-ring (bicyclic) bond motifs is 4. The van der Waals surface area contributed by atoms with Gasteiger partial charge in [0, 0.05) is 29.0 Å². The minimum absolute atomic E-state index is 0.0596. The first kappa shape index (κ1) is 25.5. The summed E-state index contributed by atoms with van der Waals surface area (Å²) >= 11 is 6.59. The van der Waals surface area contributed by atoms with Gasteiger partial charge in [0.15, 0.2) is 0 Å². The van der Waals surface area contributed by atoms with E-state index in [2.05, 4.69) is 15.0 Å². The normalized spacial score (nSPS) is 14.9. The summed E-state index contributed by atoms with van der Waals surface area (Å²) in [5.74, 6) is -1.82. The fraction of sp³-hybridized carbons (Fsp3) is 0.179. The number of hydrogen-bond donors (Lipinski definition) is 3. The average molecular weight is 595 g/mol. The number of amides is 2. The number of benzene rings is 2. The summed E-state index contributed by atoms with van der Waals surface area (Å²) in [6.07, 6.45) is 3.69. The van der Waals surface area contributed by atoms with Gasteiger partial charge in [-0.15, -0.1) is 0 Å². The highest BCUT2D eigenvalue weighted by molar-refractivity contribution is 7.91. The van der Waals surface area contributed by atoms with Crippen molar-refractivity contribution in [3.8, 4) is 11.1 Å². The van der Waals surface area contributed by atoms with Crippen LogP contribution >= 0.6 is 11.6 Å². The van der Waals surface area contributed by atoms with E-state index in [1.54, 1.807) is 18.2 Å². The smallest absolute Gasteiger partial charge is 0.282 e. The molecule has 1 fully saturated rings. The molecule has 1 aliphatic carbocycles. The first-order valence-electron chi connectivity index (χ1n) is 12.7. The third kappa shape index (κ3) is 4.13. The van der Waals surface area contributed by atoms with Gasteiger partial charge in [-0.25, -0.2) is 17.5 Å². The molecule has 3 N–H and O–H groups in total. The van der Waals surface area contributed by atoms with Gasteiger partial charge in [0.25, 0.3) is 11.5 Å². The molecule has 0 saturated heterocycles. The van der Waals surface area contributed by atoms with Gasteiger partial charge in [0.2, 0.25) is 15.9 Å². The van der Waals surface area contributed by atoms with Crippen LogP contribution in [-0.2, 0) is 27.8 Å². The van der Waals surface area contributed by atoms with E-state index in [1.807, 2.05) is 0 Å². The summed E-state index contributed by atoms with van der Waals surface area (Å²) in [6, 6.07) is 9.00. The summed E-state index contributed by atoms with van der Waals surface area (Å²) in [4.78, 5) is 41.5. The van der Waals surface area contributed by atoms with Crippen LogP contribution in [0.25, 0.3) is 33.0 Å². The van der Waals surface area contributed by atoms with Crippen LogP contribution in [0.2, 0.25) is 5.02 Å². The lowest BCUT2D eigenvalue weighted by Crippen LogP contribution is -2.35. The van der Waals surface area contributed by atoms with Gasteiger partial charge >= 0.3 is 0 Å². The maximum Gasteiger partial charge on any atom is 0.282 e. The number of nitrogens with zero attached hydrogens (tertiary/aromatic N) is 1. The highest BCUT2D eigenvalue weighted by Crippen LogP contribution is 2.41. The van der Waals surface area contributed by atoms with Crippen molar-refractivity contribution in [2.75, 3.05) is 5.32 Å². The molecule has 13 heteroatoms. The Morgan fingerprint density at radius 3 is 2.76 bits per heavy atom. The molecule has 0 radical (unpaired) electrons. The molecule has 10 nitrogen and oxygen atoms in total. The SMILES string of the molecule is O=C1Cc2cc(Cn3c(C(=O)NS(=O)(=O)C4CC4)c(-c4ccc[nH]c4=O)c4c5occc5c(F)cc43)c(Cl)cc2N1. The Balaban J connectivity index is 1.55. The van der Waals surface area contributed by atoms with Crippen molar-refractivity contribution in [2.24, 2.45) is 0 Å². The largest absolute Gasteiger partial charge is 0.463 e. The molecular weight excluding hydrogens is 575 g/mol. The monoisotopic (exact) mass is 594 g/mol. The highest BCUT2D eigenvalue weighted by atomic mass is 35.5. The second-order valence-electron chi connectivity index (χ2n) is 10.1. The highest BCUT2D eigenvalue weighted by Gasteiger charge is 2.39. The van der Waals surface area contributed by atoms with Gasteiger partial charge in [-0.05, 0) is 60.4 Å². The second-order valence-corrected chi connectivity index (χ2v) is 12.5. The number of anilines is 1. The fourth-order valence-corrected chi connectivity index (χ4v) is 6.92. The third-order valence-corrected chi connectivity index (χ3v) is 9.61. The molecule has 41 heavy (non-hydrogen) atoms. The lowest BCUT2D eigenvalue weighted by atomic mass is 10.0. The summed E-state index contributed by atoms with van der Waals surface area (Å²) in [5, 5.41) is 2.68. The van der Waals surface area contributed by atoms with E-state index in [1.165, 1.54) is 35.2 Å². The molecule has 3 aromatic heterocycles. The van der Waals surface area contributed by atoms with E-state index in [4.69, 9.17) is 16.0 Å². The van der Waals surface area contributed by atoms with Crippen molar-refractivity contribution in [3.05, 3.63) is 86.9 Å². The zero-order chi connectivity index (χ0) is 28.6. The number of furan rings is 1. The summed E-state index contributed by atoms with van der Waals surface area (Å²) < 4.78 is 50.4. The molecule has 7 rings (SSSR count). The van der Waals surface area contributed by atoms with Gasteiger partial charge < -0.3 is 19.3 Å². The number of sulfonamides is 1. The summed E-state index contributed by atoms with van der Waals surface area (Å²) in [7, 11) is -4.00. The van der Waals surface area contributed by atoms with Crippen molar-refractivity contribution in [1.29, 1.82) is 0 Å². The Kier molecular flexibility index (Phi) is 5.64. The fourth-order valence-electron chi connectivity index (χ4n) is 5.42. The minimum atomic E-state index is -4.00. The van der Waals surface area contributed by atoms with Crippen molar-refractivity contribution in [3.63, 3.8) is 0 Å². The van der Waals surface area contributed by atoms with Crippen molar-refractivity contribution < 1.29 is 26.8 Å². The molecule has 0 unspecified atom stereocenters. The van der Waals surface area contributed by atoms with Crippen LogP contribution in [0.4, 0.5) is 10.1 Å². The number of rotatable bonds is 6. The van der Waals surface area contributed by atoms with Crippen LogP contribution in [0, 0.1) is 5.82 Å². The molecule has 1 saturated carbocycles. The van der Waals surface area contributed by atoms with E-state index < -0.39 is 32.6 Å². The van der Waals surface area contributed by atoms with E-state index in [0.717, 1.165) is 0 Å². The minimum Gasteiger partial charge on any atom is -0.463 e. The van der Waals surface area contributed by atoms with Gasteiger partial charge in [-0.2, -0.15) is 0 Å². The summed E-state index contributed by atoms with van der Waals surface area (Å²) in [6.45, 7) is -0.112. The Hall–Kier alpha value is -4.42. The first-order chi connectivity index (χ1) is 19.6. The molecule has 2 aromatic carbocycles. The van der Waals surface area contributed by atoms with Gasteiger partial charge in [0.1, 0.15) is 17.1 Å². The number of carbonyl (C=O) groups excluding carboxylic acids is 2. The Bertz CT molecular complexity index is 2130. The Labute approximate surface area is 236 Å². The van der Waals surface area contributed by atoms with E-state index in [-0.39, 0.29) is 62.6 Å². The average Bonchev–Trinajstić information content (AvgIpc) is 3.45. The standard InChI is InChI=1S/C28H20ClFN4O6S/c29-18-10-20-13(9-22(35)32-20)8-14(18)12-34-21-11-19(30)16-5-7-40-26(16)24(21)23(17-2-1-6-31-27(17)36)25(34)28(37)33-41(38,39)15-3-4-15/h1-2,5-8,10-11,15H,3-4,9,12H2,(H,31,36)(H,32,35)(H,33,37). The Morgan fingerprint density at radius 2 is 2.00 bits per heavy atom. The maximum atomic E-state index is 15.4. The number of pyridine rings is 1. The lowest BCUT2D eigenvalue weighted by Gasteiger charge is -2.15. The van der Waals surface area contributed by atoms with Gasteiger partial charge in [-0.3, -0.25) is 14.4 Å². The number of H-pyrrole nitrogens is 1. The molecule has 4 heterocycles. The molecule has 5 aromatic rings. The number of carbonyl (C=O) groups is 2. The topological polar surface area (TPSA) is 143 Å². The van der Waals surface area contributed by atoms with E-state index in [0.29, 0.717) is 29.7 Å². The maximum absolute atomic E-state index is 15.4. The van der Waals surface area contributed by atoms with Crippen LogP contribution in [0.15, 0.2) is 58.1 Å². The molecule has 0 spiro atoms. The molecule has 1 aliphatic heterocycles. The van der Waals surface area contributed by atoms with E-state index in [9.17, 15) is 22.8 Å². The Morgan fingerprint density at radius 1 is 1.20 bits per heavy atom. The lowest BCUT2D eigenvalue weighted by molar-refractivity contribution is -0.115. The van der Waals surface area contributed by atoms with Crippen LogP contribution < -0.4 is 15.6 Å². The van der Waals surface area contributed by atoms with Gasteiger partial charge in [-0.1, -0.05) is 11.6 Å². The molecular formula is C28H20ClFN4O6S. The second kappa shape index (κ2) is 9.05. The molecule has 208 valence electrons. The van der Waals surface area contributed by atoms with Crippen LogP contribution in [0.3, 0.4) is 0 Å². The number of hydrogen-bond acceptors (Lipinski definition) is 6. The predicted molar refractivity (Wildman–Crippen MR) is 150 cm³/mol. The number of aromatic nitrogens is 2. The number of halogens is 2. The van der Waals surface area contributed by atoms with E-state index >= 15 is 4.39 Å². The zero-order valence-corrected chi connectivity index (χ0v) is 22.7. The van der Waals surface area contributed by atoms with Gasteiger partial charge in [0.05, 0.1) is 39.8 Å². The molecule has 0 bridgehead atoms. The zero-order valence-electron chi connectivity index (χ0n) is 21.1. The van der Waals surface area contributed by atoms with Crippen molar-refractivity contribution >= 4 is 61.0 Å². The molecule has 2 aliphatic rings. The molecule has 2 amide bonds. The first-order valence-corrected chi connectivity index (χ1v) is 14.6. The van der Waals surface area contributed by atoms with Crippen LogP contribution in [-0.4, -0.2) is 35.0 Å². The predicted octanol–water partition coefficient (Wildman–Crippen LogP) is 4.30. The third-order valence-electron chi connectivity index (χ3n) is 7.44. The summed E-state index contributed by atoms with van der Waals surface area (Å²) in [5.41, 5.74) is 1.43. The van der Waals surface area contributed by atoms with Crippen LogP contribution in [0.1, 0.15) is 34.5 Å². The van der Waals surface area contributed by atoms with Crippen molar-refractivity contribution in [2.45, 2.75) is 31.1 Å². The molecule has 0 atom stereocenters. The van der Waals surface area contributed by atoms with Crippen molar-refractivity contribution in [1.82, 2.24) is 14.3 Å². The quantitative estimate of drug-likeness (QED) is 0.267. The van der Waals surface area contributed by atoms with Crippen LogP contribution in [0.5, 0.6) is 0 Å².